The molecule has 0 unspecified atom stereocenters. The van der Waals surface area contributed by atoms with Crippen LogP contribution in [-0.4, -0.2) is 30.1 Å². The molecule has 1 aromatic carbocycles. The van der Waals surface area contributed by atoms with Gasteiger partial charge in [0, 0.05) is 17.3 Å². The van der Waals surface area contributed by atoms with Gasteiger partial charge in [0.15, 0.2) is 0 Å². The standard InChI is InChI=1S/C16H17ClN2O2/c17-12-5-3-11(4-6-12)14-7-8-15(19-14)16(20)18-13-2-1-9-21-10-13/h3-8,13,19H,1-2,9-10H2,(H,18,20)/t13-/m0/s1. The number of benzene rings is 1. The summed E-state index contributed by atoms with van der Waals surface area (Å²) in [6.45, 7) is 1.38. The van der Waals surface area contributed by atoms with Gasteiger partial charge in [0.1, 0.15) is 5.69 Å². The molecule has 0 bridgehead atoms. The van der Waals surface area contributed by atoms with Crippen LogP contribution in [0.5, 0.6) is 0 Å². The molecule has 3 rings (SSSR count). The normalized spacial score (nSPS) is 18.4. The highest BCUT2D eigenvalue weighted by Crippen LogP contribution is 2.21. The highest BCUT2D eigenvalue weighted by atomic mass is 35.5. The topological polar surface area (TPSA) is 54.1 Å². The third-order valence-corrected chi connectivity index (χ3v) is 3.83. The monoisotopic (exact) mass is 304 g/mol. The maximum Gasteiger partial charge on any atom is 0.268 e. The molecule has 2 N–H and O–H groups in total. The Morgan fingerprint density at radius 1 is 1.24 bits per heavy atom. The van der Waals surface area contributed by atoms with Gasteiger partial charge in [-0.15, -0.1) is 0 Å². The number of H-pyrrole nitrogens is 1. The molecular formula is C16H17ClN2O2. The first-order valence-electron chi connectivity index (χ1n) is 7.06. The van der Waals surface area contributed by atoms with Crippen molar-refractivity contribution in [3.8, 4) is 11.3 Å². The number of halogens is 1. The van der Waals surface area contributed by atoms with E-state index in [-0.39, 0.29) is 11.9 Å². The van der Waals surface area contributed by atoms with Crippen molar-refractivity contribution in [2.24, 2.45) is 0 Å². The van der Waals surface area contributed by atoms with Crippen LogP contribution in [0.25, 0.3) is 11.3 Å². The first-order chi connectivity index (χ1) is 10.2. The van der Waals surface area contributed by atoms with E-state index >= 15 is 0 Å². The van der Waals surface area contributed by atoms with E-state index in [1.54, 1.807) is 6.07 Å². The minimum absolute atomic E-state index is 0.0919. The first-order valence-corrected chi connectivity index (χ1v) is 7.44. The molecule has 0 aliphatic carbocycles. The van der Waals surface area contributed by atoms with Crippen LogP contribution in [0, 0.1) is 0 Å². The summed E-state index contributed by atoms with van der Waals surface area (Å²) in [4.78, 5) is 15.3. The van der Waals surface area contributed by atoms with E-state index in [1.807, 2.05) is 30.3 Å². The lowest BCUT2D eigenvalue weighted by atomic mass is 10.1. The molecule has 2 aromatic rings. The maximum atomic E-state index is 12.2. The van der Waals surface area contributed by atoms with Gasteiger partial charge in [-0.3, -0.25) is 4.79 Å². The molecule has 4 nitrogen and oxygen atoms in total. The molecule has 1 atom stereocenters. The summed E-state index contributed by atoms with van der Waals surface area (Å²) in [7, 11) is 0. The second kappa shape index (κ2) is 6.33. The summed E-state index contributed by atoms with van der Waals surface area (Å²) in [5.41, 5.74) is 2.46. The Hall–Kier alpha value is -1.78. The zero-order valence-corrected chi connectivity index (χ0v) is 12.3. The predicted molar refractivity (Wildman–Crippen MR) is 82.5 cm³/mol. The summed E-state index contributed by atoms with van der Waals surface area (Å²) >= 11 is 5.88. The summed E-state index contributed by atoms with van der Waals surface area (Å²) in [5, 5.41) is 3.69. The van der Waals surface area contributed by atoms with Crippen LogP contribution < -0.4 is 5.32 Å². The van der Waals surface area contributed by atoms with Gasteiger partial charge in [0.25, 0.3) is 5.91 Å². The lowest BCUT2D eigenvalue weighted by molar-refractivity contribution is 0.0622. The van der Waals surface area contributed by atoms with E-state index in [1.165, 1.54) is 0 Å². The fraction of sp³-hybridized carbons (Fsp3) is 0.312. The molecule has 5 heteroatoms. The molecule has 1 amide bonds. The lowest BCUT2D eigenvalue weighted by Crippen LogP contribution is -2.40. The van der Waals surface area contributed by atoms with Crippen LogP contribution in [0.1, 0.15) is 23.3 Å². The third kappa shape index (κ3) is 3.46. The van der Waals surface area contributed by atoms with Crippen molar-refractivity contribution in [1.29, 1.82) is 0 Å². The number of carbonyl (C=O) groups is 1. The Labute approximate surface area is 128 Å². The van der Waals surface area contributed by atoms with E-state index in [0.29, 0.717) is 17.3 Å². The lowest BCUT2D eigenvalue weighted by Gasteiger charge is -2.22. The molecule has 0 radical (unpaired) electrons. The number of aromatic nitrogens is 1. The number of aromatic amines is 1. The van der Waals surface area contributed by atoms with Crippen molar-refractivity contribution >= 4 is 17.5 Å². The van der Waals surface area contributed by atoms with E-state index < -0.39 is 0 Å². The molecule has 1 fully saturated rings. The average molecular weight is 305 g/mol. The quantitative estimate of drug-likeness (QED) is 0.914. The van der Waals surface area contributed by atoms with Crippen LogP contribution in [0.4, 0.5) is 0 Å². The van der Waals surface area contributed by atoms with Gasteiger partial charge in [0.2, 0.25) is 0 Å². The number of ether oxygens (including phenoxy) is 1. The van der Waals surface area contributed by atoms with Crippen LogP contribution in [0.3, 0.4) is 0 Å². The summed E-state index contributed by atoms with van der Waals surface area (Å²) in [6, 6.07) is 11.3. The van der Waals surface area contributed by atoms with E-state index in [2.05, 4.69) is 10.3 Å². The number of nitrogens with one attached hydrogen (secondary N) is 2. The van der Waals surface area contributed by atoms with Gasteiger partial charge in [-0.1, -0.05) is 23.7 Å². The first kappa shape index (κ1) is 14.2. The van der Waals surface area contributed by atoms with Crippen molar-refractivity contribution in [2.75, 3.05) is 13.2 Å². The molecular weight excluding hydrogens is 288 g/mol. The minimum Gasteiger partial charge on any atom is -0.379 e. The van der Waals surface area contributed by atoms with E-state index in [0.717, 1.165) is 30.7 Å². The van der Waals surface area contributed by atoms with Gasteiger partial charge in [-0.25, -0.2) is 0 Å². The van der Waals surface area contributed by atoms with Crippen molar-refractivity contribution < 1.29 is 9.53 Å². The fourth-order valence-electron chi connectivity index (χ4n) is 2.44. The third-order valence-electron chi connectivity index (χ3n) is 3.58. The number of hydrogen-bond acceptors (Lipinski definition) is 2. The van der Waals surface area contributed by atoms with Crippen LogP contribution in [0.2, 0.25) is 5.02 Å². The second-order valence-corrected chi connectivity index (χ2v) is 5.62. The minimum atomic E-state index is -0.0919. The van der Waals surface area contributed by atoms with Gasteiger partial charge in [0.05, 0.1) is 12.6 Å². The molecule has 1 aliphatic rings. The molecule has 21 heavy (non-hydrogen) atoms. The Morgan fingerprint density at radius 2 is 2.05 bits per heavy atom. The average Bonchev–Trinajstić information content (AvgIpc) is 2.99. The van der Waals surface area contributed by atoms with Crippen molar-refractivity contribution in [2.45, 2.75) is 18.9 Å². The molecule has 0 saturated carbocycles. The van der Waals surface area contributed by atoms with E-state index in [4.69, 9.17) is 16.3 Å². The molecule has 2 heterocycles. The Balaban J connectivity index is 1.69. The number of rotatable bonds is 3. The van der Waals surface area contributed by atoms with E-state index in [9.17, 15) is 4.79 Å². The van der Waals surface area contributed by atoms with Gasteiger partial charge in [-0.05, 0) is 42.7 Å². The smallest absolute Gasteiger partial charge is 0.268 e. The molecule has 1 aromatic heterocycles. The highest BCUT2D eigenvalue weighted by molar-refractivity contribution is 6.30. The highest BCUT2D eigenvalue weighted by Gasteiger charge is 2.18. The Kier molecular flexibility index (Phi) is 4.27. The van der Waals surface area contributed by atoms with Crippen LogP contribution in [-0.2, 0) is 4.74 Å². The van der Waals surface area contributed by atoms with Gasteiger partial charge >= 0.3 is 0 Å². The van der Waals surface area contributed by atoms with Crippen LogP contribution in [0.15, 0.2) is 36.4 Å². The Bertz CT molecular complexity index is 615. The molecule has 1 saturated heterocycles. The maximum absolute atomic E-state index is 12.2. The Morgan fingerprint density at radius 3 is 2.76 bits per heavy atom. The van der Waals surface area contributed by atoms with Crippen molar-refractivity contribution in [1.82, 2.24) is 10.3 Å². The molecule has 1 aliphatic heterocycles. The zero-order chi connectivity index (χ0) is 14.7. The largest absolute Gasteiger partial charge is 0.379 e. The number of hydrogen-bond donors (Lipinski definition) is 2. The van der Waals surface area contributed by atoms with Crippen molar-refractivity contribution in [3.63, 3.8) is 0 Å². The van der Waals surface area contributed by atoms with Gasteiger partial charge in [-0.2, -0.15) is 0 Å². The van der Waals surface area contributed by atoms with Gasteiger partial charge < -0.3 is 15.0 Å². The van der Waals surface area contributed by atoms with Crippen LogP contribution >= 0.6 is 11.6 Å². The second-order valence-electron chi connectivity index (χ2n) is 5.18. The van der Waals surface area contributed by atoms with Crippen molar-refractivity contribution in [3.05, 3.63) is 47.1 Å². The summed E-state index contributed by atoms with van der Waals surface area (Å²) in [6.07, 6.45) is 1.96. The molecule has 0 spiro atoms. The fourth-order valence-corrected chi connectivity index (χ4v) is 2.57. The SMILES string of the molecule is O=C(N[C@H]1CCCOC1)c1ccc(-c2ccc(Cl)cc2)[nH]1. The summed E-state index contributed by atoms with van der Waals surface area (Å²) in [5.74, 6) is -0.0919. The summed E-state index contributed by atoms with van der Waals surface area (Å²) < 4.78 is 5.37. The number of amides is 1. The molecule has 110 valence electrons. The number of carbonyl (C=O) groups excluding carboxylic acids is 1. The predicted octanol–water partition coefficient (Wildman–Crippen LogP) is 3.24. The zero-order valence-electron chi connectivity index (χ0n) is 11.6.